The van der Waals surface area contributed by atoms with Crippen molar-refractivity contribution in [1.29, 1.82) is 0 Å². The fourth-order valence-corrected chi connectivity index (χ4v) is 1.30. The topological polar surface area (TPSA) is 70.2 Å². The van der Waals surface area contributed by atoms with Crippen LogP contribution in [0.3, 0.4) is 0 Å². The Labute approximate surface area is 105 Å². The number of amides is 3. The highest BCUT2D eigenvalue weighted by atomic mass is 19.1. The highest BCUT2D eigenvalue weighted by molar-refractivity contribution is 5.73. The van der Waals surface area contributed by atoms with Crippen LogP contribution in [-0.2, 0) is 11.3 Å². The summed E-state index contributed by atoms with van der Waals surface area (Å²) in [4.78, 5) is 21.3. The fourth-order valence-electron chi connectivity index (χ4n) is 1.30. The predicted octanol–water partition coefficient (Wildman–Crippen LogP) is 0.761. The molecule has 1 aromatic rings. The van der Waals surface area contributed by atoms with Crippen LogP contribution in [0.1, 0.15) is 12.0 Å². The zero-order valence-corrected chi connectivity index (χ0v) is 9.91. The van der Waals surface area contributed by atoms with Crippen LogP contribution in [-0.4, -0.2) is 25.5 Å². The molecule has 0 aliphatic rings. The fraction of sp³-hybridized carbons (Fsp3) is 0.333. The van der Waals surface area contributed by atoms with Crippen molar-refractivity contribution in [2.75, 3.05) is 13.1 Å². The smallest absolute Gasteiger partial charge is 0.315 e. The first-order valence-corrected chi connectivity index (χ1v) is 5.65. The third-order valence-electron chi connectivity index (χ3n) is 2.23. The van der Waals surface area contributed by atoms with Crippen molar-refractivity contribution in [3.05, 3.63) is 35.6 Å². The average molecular weight is 253 g/mol. The minimum Gasteiger partial charge on any atom is -0.359 e. The molecule has 0 unspecified atom stereocenters. The van der Waals surface area contributed by atoms with Crippen molar-refractivity contribution in [3.8, 4) is 0 Å². The van der Waals surface area contributed by atoms with Crippen LogP contribution in [0.25, 0.3) is 0 Å². The van der Waals surface area contributed by atoms with Gasteiger partial charge in [0.15, 0.2) is 0 Å². The first-order valence-electron chi connectivity index (χ1n) is 5.65. The molecule has 0 aliphatic carbocycles. The van der Waals surface area contributed by atoms with E-state index in [1.165, 1.54) is 12.1 Å². The maximum Gasteiger partial charge on any atom is 0.315 e. The van der Waals surface area contributed by atoms with E-state index in [1.54, 1.807) is 12.1 Å². The molecular formula is C12H16FN3O2. The quantitative estimate of drug-likeness (QED) is 0.496. The number of nitrogens with one attached hydrogen (secondary N) is 3. The van der Waals surface area contributed by atoms with Gasteiger partial charge in [-0.15, -0.1) is 0 Å². The number of carbonyl (C=O) groups is 2. The molecule has 18 heavy (non-hydrogen) atoms. The van der Waals surface area contributed by atoms with Crippen LogP contribution in [0.2, 0.25) is 0 Å². The number of halogens is 1. The van der Waals surface area contributed by atoms with Crippen molar-refractivity contribution in [2.45, 2.75) is 13.0 Å². The summed E-state index contributed by atoms with van der Waals surface area (Å²) in [5.41, 5.74) is 0.828. The summed E-state index contributed by atoms with van der Waals surface area (Å²) in [5.74, 6) is -0.300. The van der Waals surface area contributed by atoms with Crippen LogP contribution in [0, 0.1) is 5.82 Å². The highest BCUT2D eigenvalue weighted by Crippen LogP contribution is 2.01. The van der Waals surface area contributed by atoms with Gasteiger partial charge < -0.3 is 16.0 Å². The molecule has 3 N–H and O–H groups in total. The zero-order chi connectivity index (χ0) is 13.2. The van der Waals surface area contributed by atoms with E-state index in [-0.39, 0.29) is 11.8 Å². The summed E-state index contributed by atoms with van der Waals surface area (Å²) in [6.45, 7) is 1.36. The summed E-state index contributed by atoms with van der Waals surface area (Å²) < 4.78 is 12.6. The normalized spacial score (nSPS) is 9.61. The molecule has 0 atom stereocenters. The summed E-state index contributed by atoms with van der Waals surface area (Å²) in [6.07, 6.45) is 1.29. The Morgan fingerprint density at radius 1 is 1.17 bits per heavy atom. The van der Waals surface area contributed by atoms with E-state index in [0.29, 0.717) is 32.5 Å². The van der Waals surface area contributed by atoms with Gasteiger partial charge in [0.2, 0.25) is 6.41 Å². The Bertz CT molecular complexity index is 381. The molecule has 0 aromatic heterocycles. The Hall–Kier alpha value is -2.11. The lowest BCUT2D eigenvalue weighted by Crippen LogP contribution is -2.36. The summed E-state index contributed by atoms with van der Waals surface area (Å²) in [5, 5.41) is 7.79. The summed E-state index contributed by atoms with van der Waals surface area (Å²) in [7, 11) is 0. The van der Waals surface area contributed by atoms with Crippen molar-refractivity contribution in [2.24, 2.45) is 0 Å². The Morgan fingerprint density at radius 2 is 1.89 bits per heavy atom. The van der Waals surface area contributed by atoms with Gasteiger partial charge in [0.1, 0.15) is 5.82 Å². The van der Waals surface area contributed by atoms with Gasteiger partial charge in [0, 0.05) is 19.6 Å². The monoisotopic (exact) mass is 253 g/mol. The Kier molecular flexibility index (Phi) is 6.24. The molecule has 3 amide bonds. The van der Waals surface area contributed by atoms with E-state index in [0.717, 1.165) is 5.56 Å². The highest BCUT2D eigenvalue weighted by Gasteiger charge is 1.99. The molecule has 0 saturated heterocycles. The van der Waals surface area contributed by atoms with E-state index in [9.17, 15) is 14.0 Å². The second kappa shape index (κ2) is 8.05. The van der Waals surface area contributed by atoms with Gasteiger partial charge in [-0.2, -0.15) is 0 Å². The molecule has 98 valence electrons. The second-order valence-corrected chi connectivity index (χ2v) is 3.66. The van der Waals surface area contributed by atoms with Gasteiger partial charge in [-0.25, -0.2) is 9.18 Å². The number of benzene rings is 1. The minimum absolute atomic E-state index is 0.287. The standard InChI is InChI=1S/C12H16FN3O2/c13-11-4-2-10(3-5-11)8-16-12(18)15-7-1-6-14-9-17/h2-5,9H,1,6-8H2,(H,14,17)(H2,15,16,18). The summed E-state index contributed by atoms with van der Waals surface area (Å²) >= 11 is 0. The molecule has 6 heteroatoms. The van der Waals surface area contributed by atoms with Crippen molar-refractivity contribution >= 4 is 12.4 Å². The number of carbonyl (C=O) groups excluding carboxylic acids is 2. The SMILES string of the molecule is O=CNCCCNC(=O)NCc1ccc(F)cc1. The van der Waals surface area contributed by atoms with Crippen LogP contribution in [0.5, 0.6) is 0 Å². The third kappa shape index (κ3) is 5.83. The van der Waals surface area contributed by atoms with Crippen molar-refractivity contribution in [1.82, 2.24) is 16.0 Å². The molecule has 0 fully saturated rings. The van der Waals surface area contributed by atoms with E-state index >= 15 is 0 Å². The van der Waals surface area contributed by atoms with Crippen molar-refractivity contribution in [3.63, 3.8) is 0 Å². The lowest BCUT2D eigenvalue weighted by atomic mass is 10.2. The number of urea groups is 1. The number of hydrogen-bond donors (Lipinski definition) is 3. The largest absolute Gasteiger partial charge is 0.359 e. The van der Waals surface area contributed by atoms with Crippen molar-refractivity contribution < 1.29 is 14.0 Å². The lowest BCUT2D eigenvalue weighted by molar-refractivity contribution is -0.109. The zero-order valence-electron chi connectivity index (χ0n) is 9.91. The average Bonchev–Trinajstić information content (AvgIpc) is 2.38. The first kappa shape index (κ1) is 14.0. The van der Waals surface area contributed by atoms with E-state index in [4.69, 9.17) is 0 Å². The lowest BCUT2D eigenvalue weighted by Gasteiger charge is -2.07. The van der Waals surface area contributed by atoms with Gasteiger partial charge in [-0.05, 0) is 24.1 Å². The second-order valence-electron chi connectivity index (χ2n) is 3.66. The maximum absolute atomic E-state index is 12.6. The predicted molar refractivity (Wildman–Crippen MR) is 65.3 cm³/mol. The molecular weight excluding hydrogens is 237 g/mol. The van der Waals surface area contributed by atoms with E-state index < -0.39 is 0 Å². The number of hydrogen-bond acceptors (Lipinski definition) is 2. The van der Waals surface area contributed by atoms with Gasteiger partial charge in [-0.3, -0.25) is 4.79 Å². The Morgan fingerprint density at radius 3 is 2.56 bits per heavy atom. The van der Waals surface area contributed by atoms with Crippen LogP contribution in [0.15, 0.2) is 24.3 Å². The van der Waals surface area contributed by atoms with Gasteiger partial charge in [0.05, 0.1) is 0 Å². The third-order valence-corrected chi connectivity index (χ3v) is 2.23. The van der Waals surface area contributed by atoms with Gasteiger partial charge >= 0.3 is 6.03 Å². The molecule has 0 radical (unpaired) electrons. The first-order chi connectivity index (χ1) is 8.72. The van der Waals surface area contributed by atoms with Gasteiger partial charge in [0.25, 0.3) is 0 Å². The molecule has 0 aliphatic heterocycles. The molecule has 0 bridgehead atoms. The molecule has 1 aromatic carbocycles. The van der Waals surface area contributed by atoms with Gasteiger partial charge in [-0.1, -0.05) is 12.1 Å². The Balaban J connectivity index is 2.13. The molecule has 0 heterocycles. The van der Waals surface area contributed by atoms with E-state index in [1.807, 2.05) is 0 Å². The van der Waals surface area contributed by atoms with Crippen LogP contribution < -0.4 is 16.0 Å². The molecule has 5 nitrogen and oxygen atoms in total. The maximum atomic E-state index is 12.6. The minimum atomic E-state index is -0.300. The molecule has 0 spiro atoms. The summed E-state index contributed by atoms with van der Waals surface area (Å²) in [6, 6.07) is 5.64. The molecule has 0 saturated carbocycles. The van der Waals surface area contributed by atoms with Crippen LogP contribution >= 0.6 is 0 Å². The number of rotatable bonds is 7. The van der Waals surface area contributed by atoms with E-state index in [2.05, 4.69) is 16.0 Å². The van der Waals surface area contributed by atoms with Crippen LogP contribution in [0.4, 0.5) is 9.18 Å². The molecule has 1 rings (SSSR count).